The lowest BCUT2D eigenvalue weighted by Gasteiger charge is -2.17. The number of carbonyl (C=O) groups excluding carboxylic acids is 1. The molecule has 1 fully saturated rings. The second-order valence-electron chi connectivity index (χ2n) is 6.11. The number of aliphatic hydroxyl groups excluding tert-OH is 1. The van der Waals surface area contributed by atoms with Crippen LogP contribution in [-0.4, -0.2) is 24.2 Å². The molecule has 0 radical (unpaired) electrons. The van der Waals surface area contributed by atoms with Gasteiger partial charge in [0.1, 0.15) is 0 Å². The summed E-state index contributed by atoms with van der Waals surface area (Å²) in [6.45, 7) is 3.12. The summed E-state index contributed by atoms with van der Waals surface area (Å²) in [5.41, 5.74) is 2.55. The molecular formula is C18H27NO2. The summed E-state index contributed by atoms with van der Waals surface area (Å²) in [6, 6.07) is 8.50. The normalized spacial score (nSPS) is 21.4. The van der Waals surface area contributed by atoms with Gasteiger partial charge in [0, 0.05) is 19.6 Å². The zero-order valence-corrected chi connectivity index (χ0v) is 13.0. The quantitative estimate of drug-likeness (QED) is 0.811. The van der Waals surface area contributed by atoms with Crippen LogP contribution in [0.2, 0.25) is 0 Å². The fourth-order valence-corrected chi connectivity index (χ4v) is 3.16. The Bertz CT molecular complexity index is 441. The van der Waals surface area contributed by atoms with Crippen molar-refractivity contribution in [1.29, 1.82) is 0 Å². The molecule has 2 atom stereocenters. The molecule has 1 aliphatic rings. The SMILES string of the molecule is CCc1ccc(CCC(=O)NCC2CCCC2CO)cc1. The summed E-state index contributed by atoms with van der Waals surface area (Å²) in [6.07, 6.45) is 5.79. The third-order valence-corrected chi connectivity index (χ3v) is 4.68. The van der Waals surface area contributed by atoms with Crippen LogP contribution in [0.5, 0.6) is 0 Å². The highest BCUT2D eigenvalue weighted by molar-refractivity contribution is 5.76. The highest BCUT2D eigenvalue weighted by Gasteiger charge is 2.26. The van der Waals surface area contributed by atoms with Gasteiger partial charge in [0.2, 0.25) is 5.91 Å². The van der Waals surface area contributed by atoms with Crippen molar-refractivity contribution in [3.05, 3.63) is 35.4 Å². The number of nitrogens with one attached hydrogen (secondary N) is 1. The number of benzene rings is 1. The van der Waals surface area contributed by atoms with E-state index < -0.39 is 0 Å². The molecule has 0 aliphatic heterocycles. The first-order valence-electron chi connectivity index (χ1n) is 8.18. The molecule has 21 heavy (non-hydrogen) atoms. The van der Waals surface area contributed by atoms with E-state index in [0.29, 0.717) is 18.3 Å². The Hall–Kier alpha value is -1.35. The Labute approximate surface area is 127 Å². The van der Waals surface area contributed by atoms with Crippen molar-refractivity contribution in [3.63, 3.8) is 0 Å². The van der Waals surface area contributed by atoms with Crippen molar-refractivity contribution >= 4 is 5.91 Å². The minimum atomic E-state index is 0.123. The Kier molecular flexibility index (Phi) is 6.24. The van der Waals surface area contributed by atoms with Gasteiger partial charge < -0.3 is 10.4 Å². The Balaban J connectivity index is 1.69. The van der Waals surface area contributed by atoms with Crippen LogP contribution in [0.1, 0.15) is 43.7 Å². The van der Waals surface area contributed by atoms with Gasteiger partial charge in [0.05, 0.1) is 0 Å². The van der Waals surface area contributed by atoms with Crippen molar-refractivity contribution < 1.29 is 9.90 Å². The molecule has 116 valence electrons. The first-order valence-corrected chi connectivity index (χ1v) is 8.18. The third-order valence-electron chi connectivity index (χ3n) is 4.68. The smallest absolute Gasteiger partial charge is 0.220 e. The summed E-state index contributed by atoms with van der Waals surface area (Å²) < 4.78 is 0. The van der Waals surface area contributed by atoms with Gasteiger partial charge in [-0.2, -0.15) is 0 Å². The van der Waals surface area contributed by atoms with Crippen molar-refractivity contribution in [2.45, 2.75) is 45.4 Å². The predicted molar refractivity (Wildman–Crippen MR) is 85.1 cm³/mol. The van der Waals surface area contributed by atoms with Gasteiger partial charge in [-0.05, 0) is 48.6 Å². The van der Waals surface area contributed by atoms with Gasteiger partial charge in [0.15, 0.2) is 0 Å². The first-order chi connectivity index (χ1) is 10.2. The topological polar surface area (TPSA) is 49.3 Å². The molecule has 1 aliphatic carbocycles. The van der Waals surface area contributed by atoms with E-state index in [4.69, 9.17) is 0 Å². The van der Waals surface area contributed by atoms with Crippen LogP contribution < -0.4 is 5.32 Å². The highest BCUT2D eigenvalue weighted by atomic mass is 16.3. The van der Waals surface area contributed by atoms with Gasteiger partial charge in [-0.15, -0.1) is 0 Å². The summed E-state index contributed by atoms with van der Waals surface area (Å²) in [7, 11) is 0. The standard InChI is InChI=1S/C18H27NO2/c1-2-14-6-8-15(9-7-14)10-11-18(21)19-12-16-4-3-5-17(16)13-20/h6-9,16-17,20H,2-5,10-13H2,1H3,(H,19,21). The maximum atomic E-state index is 11.9. The van der Waals surface area contributed by atoms with E-state index >= 15 is 0 Å². The molecule has 1 aromatic rings. The van der Waals surface area contributed by atoms with Gasteiger partial charge in [0.25, 0.3) is 0 Å². The zero-order valence-electron chi connectivity index (χ0n) is 13.0. The predicted octanol–water partition coefficient (Wildman–Crippen LogP) is 2.71. The lowest BCUT2D eigenvalue weighted by atomic mass is 9.97. The first kappa shape index (κ1) is 16.0. The van der Waals surface area contributed by atoms with Crippen molar-refractivity contribution in [3.8, 4) is 0 Å². The number of rotatable bonds is 7. The maximum absolute atomic E-state index is 11.9. The highest BCUT2D eigenvalue weighted by Crippen LogP contribution is 2.30. The molecule has 0 aromatic heterocycles. The number of carbonyl (C=O) groups is 1. The van der Waals surface area contributed by atoms with Crippen LogP contribution in [0.25, 0.3) is 0 Å². The lowest BCUT2D eigenvalue weighted by molar-refractivity contribution is -0.121. The Morgan fingerprint density at radius 1 is 1.19 bits per heavy atom. The van der Waals surface area contributed by atoms with E-state index in [1.54, 1.807) is 0 Å². The molecule has 2 N–H and O–H groups in total. The number of aliphatic hydroxyl groups is 1. The van der Waals surface area contributed by atoms with E-state index in [9.17, 15) is 9.90 Å². The Morgan fingerprint density at radius 2 is 1.86 bits per heavy atom. The maximum Gasteiger partial charge on any atom is 0.220 e. The van der Waals surface area contributed by atoms with Gasteiger partial charge >= 0.3 is 0 Å². The molecule has 0 saturated heterocycles. The second kappa shape index (κ2) is 8.18. The van der Waals surface area contributed by atoms with E-state index in [1.807, 2.05) is 0 Å². The molecule has 0 spiro atoms. The largest absolute Gasteiger partial charge is 0.396 e. The lowest BCUT2D eigenvalue weighted by Crippen LogP contribution is -2.31. The fourth-order valence-electron chi connectivity index (χ4n) is 3.16. The zero-order chi connectivity index (χ0) is 15.1. The van der Waals surface area contributed by atoms with Gasteiger partial charge in [-0.1, -0.05) is 37.6 Å². The molecule has 0 heterocycles. The van der Waals surface area contributed by atoms with Crippen molar-refractivity contribution in [2.24, 2.45) is 11.8 Å². The molecule has 1 saturated carbocycles. The molecule has 2 unspecified atom stereocenters. The minimum Gasteiger partial charge on any atom is -0.396 e. The molecular weight excluding hydrogens is 262 g/mol. The summed E-state index contributed by atoms with van der Waals surface area (Å²) in [5.74, 6) is 0.966. The summed E-state index contributed by atoms with van der Waals surface area (Å²) >= 11 is 0. The number of hydrogen-bond donors (Lipinski definition) is 2. The fraction of sp³-hybridized carbons (Fsp3) is 0.611. The third kappa shape index (κ3) is 4.85. The van der Waals surface area contributed by atoms with Crippen LogP contribution in [-0.2, 0) is 17.6 Å². The monoisotopic (exact) mass is 289 g/mol. The second-order valence-corrected chi connectivity index (χ2v) is 6.11. The molecule has 0 bridgehead atoms. The van der Waals surface area contributed by atoms with Crippen molar-refractivity contribution in [1.82, 2.24) is 5.32 Å². The van der Waals surface area contributed by atoms with Crippen LogP contribution in [0.4, 0.5) is 0 Å². The summed E-state index contributed by atoms with van der Waals surface area (Å²) in [4.78, 5) is 11.9. The average molecular weight is 289 g/mol. The minimum absolute atomic E-state index is 0.123. The molecule has 1 aromatic carbocycles. The van der Waals surface area contributed by atoms with Gasteiger partial charge in [-0.3, -0.25) is 4.79 Å². The van der Waals surface area contributed by atoms with Crippen LogP contribution in [0, 0.1) is 11.8 Å². The number of amides is 1. The van der Waals surface area contributed by atoms with E-state index in [0.717, 1.165) is 32.2 Å². The average Bonchev–Trinajstić information content (AvgIpc) is 2.99. The van der Waals surface area contributed by atoms with Crippen LogP contribution in [0.15, 0.2) is 24.3 Å². The molecule has 3 heteroatoms. The number of hydrogen-bond acceptors (Lipinski definition) is 2. The number of aryl methyl sites for hydroxylation is 2. The van der Waals surface area contributed by atoms with Crippen LogP contribution >= 0.6 is 0 Å². The van der Waals surface area contributed by atoms with Crippen molar-refractivity contribution in [2.75, 3.05) is 13.2 Å². The van der Waals surface area contributed by atoms with Crippen LogP contribution in [0.3, 0.4) is 0 Å². The van der Waals surface area contributed by atoms with Gasteiger partial charge in [-0.25, -0.2) is 0 Å². The van der Waals surface area contributed by atoms with E-state index in [2.05, 4.69) is 36.5 Å². The molecule has 2 rings (SSSR count). The van der Waals surface area contributed by atoms with E-state index in [-0.39, 0.29) is 12.5 Å². The molecule has 1 amide bonds. The van der Waals surface area contributed by atoms with E-state index in [1.165, 1.54) is 17.5 Å². The Morgan fingerprint density at radius 3 is 2.52 bits per heavy atom. The molecule has 3 nitrogen and oxygen atoms in total. The summed E-state index contributed by atoms with van der Waals surface area (Å²) in [5, 5.41) is 12.3.